The van der Waals surface area contributed by atoms with Crippen LogP contribution in [-0.2, 0) is 14.3 Å². The van der Waals surface area contributed by atoms with Crippen molar-refractivity contribution in [3.63, 3.8) is 0 Å². The Bertz CT molecular complexity index is 285. The molecule has 0 spiro atoms. The summed E-state index contributed by atoms with van der Waals surface area (Å²) >= 11 is 0. The molecule has 2 saturated heterocycles. The number of nitrogens with zero attached hydrogens (tertiary/aromatic N) is 1. The van der Waals surface area contributed by atoms with Gasteiger partial charge < -0.3 is 14.8 Å². The van der Waals surface area contributed by atoms with Gasteiger partial charge in [-0.25, -0.2) is 4.79 Å². The van der Waals surface area contributed by atoms with Crippen LogP contribution in [0.5, 0.6) is 0 Å². The SMILES string of the molecule is COC(=O)[C@H]1CN(CC2CCCNC2)C[C@@H](C)O1.Cl. The van der Waals surface area contributed by atoms with Crippen molar-refractivity contribution in [3.8, 4) is 0 Å². The second-order valence-corrected chi connectivity index (χ2v) is 5.39. The summed E-state index contributed by atoms with van der Waals surface area (Å²) in [4.78, 5) is 13.9. The Morgan fingerprint density at radius 2 is 2.26 bits per heavy atom. The Morgan fingerprint density at radius 1 is 1.47 bits per heavy atom. The fourth-order valence-corrected chi connectivity index (χ4v) is 2.89. The average Bonchev–Trinajstić information content (AvgIpc) is 2.38. The van der Waals surface area contributed by atoms with E-state index in [0.29, 0.717) is 12.5 Å². The van der Waals surface area contributed by atoms with Gasteiger partial charge in [-0.15, -0.1) is 12.4 Å². The predicted octanol–water partition coefficient (Wildman–Crippen LogP) is 0.670. The number of nitrogens with one attached hydrogen (secondary N) is 1. The first-order chi connectivity index (χ1) is 8.69. The van der Waals surface area contributed by atoms with Crippen LogP contribution in [0.25, 0.3) is 0 Å². The molecule has 2 aliphatic rings. The van der Waals surface area contributed by atoms with Gasteiger partial charge in [0.15, 0.2) is 6.10 Å². The van der Waals surface area contributed by atoms with Crippen molar-refractivity contribution in [2.45, 2.75) is 32.0 Å². The van der Waals surface area contributed by atoms with E-state index < -0.39 is 6.10 Å². The number of rotatable bonds is 3. The van der Waals surface area contributed by atoms with Crippen molar-refractivity contribution in [3.05, 3.63) is 0 Å². The van der Waals surface area contributed by atoms with E-state index in [-0.39, 0.29) is 24.5 Å². The second-order valence-electron chi connectivity index (χ2n) is 5.39. The molecule has 3 atom stereocenters. The van der Waals surface area contributed by atoms with E-state index in [2.05, 4.69) is 10.2 Å². The summed E-state index contributed by atoms with van der Waals surface area (Å²) in [5.41, 5.74) is 0. The van der Waals surface area contributed by atoms with Crippen LogP contribution in [0.3, 0.4) is 0 Å². The topological polar surface area (TPSA) is 50.8 Å². The molecule has 1 N–H and O–H groups in total. The lowest BCUT2D eigenvalue weighted by Gasteiger charge is -2.38. The molecule has 2 aliphatic heterocycles. The zero-order valence-electron chi connectivity index (χ0n) is 11.8. The highest BCUT2D eigenvalue weighted by Crippen LogP contribution is 2.17. The van der Waals surface area contributed by atoms with E-state index in [0.717, 1.165) is 26.2 Å². The van der Waals surface area contributed by atoms with E-state index in [1.54, 1.807) is 0 Å². The monoisotopic (exact) mass is 292 g/mol. The first-order valence-corrected chi connectivity index (χ1v) is 6.85. The van der Waals surface area contributed by atoms with Gasteiger partial charge in [0.2, 0.25) is 0 Å². The summed E-state index contributed by atoms with van der Waals surface area (Å²) in [6, 6.07) is 0. The van der Waals surface area contributed by atoms with Crippen LogP contribution in [0, 0.1) is 5.92 Å². The molecule has 1 unspecified atom stereocenters. The van der Waals surface area contributed by atoms with E-state index in [9.17, 15) is 4.79 Å². The number of morpholine rings is 1. The van der Waals surface area contributed by atoms with Gasteiger partial charge in [-0.3, -0.25) is 4.90 Å². The van der Waals surface area contributed by atoms with Crippen molar-refractivity contribution >= 4 is 18.4 Å². The van der Waals surface area contributed by atoms with Crippen LogP contribution in [0.4, 0.5) is 0 Å². The van der Waals surface area contributed by atoms with Crippen molar-refractivity contribution in [1.82, 2.24) is 10.2 Å². The Morgan fingerprint density at radius 3 is 2.89 bits per heavy atom. The summed E-state index contributed by atoms with van der Waals surface area (Å²) in [7, 11) is 1.42. The van der Waals surface area contributed by atoms with Crippen molar-refractivity contribution in [2.75, 3.05) is 39.8 Å². The van der Waals surface area contributed by atoms with Crippen LogP contribution >= 0.6 is 12.4 Å². The van der Waals surface area contributed by atoms with Gasteiger partial charge in [0.25, 0.3) is 0 Å². The predicted molar refractivity (Wildman–Crippen MR) is 75.6 cm³/mol. The standard InChI is InChI=1S/C13H24N2O3.ClH/c1-10-7-15(8-11-4-3-5-14-6-11)9-12(18-10)13(16)17-2;/h10-12,14H,3-9H2,1-2H3;1H/t10-,11?,12-;/m1./s1. The van der Waals surface area contributed by atoms with Gasteiger partial charge in [0.1, 0.15) is 0 Å². The lowest BCUT2D eigenvalue weighted by Crippen LogP contribution is -2.52. The number of hydrogen-bond donors (Lipinski definition) is 1. The fourth-order valence-electron chi connectivity index (χ4n) is 2.89. The number of carbonyl (C=O) groups excluding carboxylic acids is 1. The Hall–Kier alpha value is -0.360. The molecule has 5 nitrogen and oxygen atoms in total. The third-order valence-corrected chi connectivity index (χ3v) is 3.72. The van der Waals surface area contributed by atoms with Crippen molar-refractivity contribution in [1.29, 1.82) is 0 Å². The molecule has 2 fully saturated rings. The largest absolute Gasteiger partial charge is 0.467 e. The van der Waals surface area contributed by atoms with E-state index in [1.165, 1.54) is 20.0 Å². The number of methoxy groups -OCH3 is 1. The number of esters is 1. The molecule has 0 radical (unpaired) electrons. The van der Waals surface area contributed by atoms with E-state index in [4.69, 9.17) is 9.47 Å². The molecule has 0 amide bonds. The number of carbonyl (C=O) groups is 1. The van der Waals surface area contributed by atoms with Gasteiger partial charge in [-0.05, 0) is 38.8 Å². The first kappa shape index (κ1) is 16.7. The smallest absolute Gasteiger partial charge is 0.336 e. The third-order valence-electron chi connectivity index (χ3n) is 3.72. The van der Waals surface area contributed by atoms with Crippen LogP contribution < -0.4 is 5.32 Å². The van der Waals surface area contributed by atoms with Gasteiger partial charge in [-0.1, -0.05) is 0 Å². The highest BCUT2D eigenvalue weighted by Gasteiger charge is 2.32. The summed E-state index contributed by atoms with van der Waals surface area (Å²) < 4.78 is 10.4. The van der Waals surface area contributed by atoms with E-state index in [1.807, 2.05) is 6.92 Å². The van der Waals surface area contributed by atoms with Crippen LogP contribution in [0.2, 0.25) is 0 Å². The van der Waals surface area contributed by atoms with Gasteiger partial charge in [-0.2, -0.15) is 0 Å². The maximum absolute atomic E-state index is 11.6. The zero-order valence-corrected chi connectivity index (χ0v) is 12.6. The summed E-state index contributed by atoms with van der Waals surface area (Å²) in [6.45, 7) is 6.86. The third kappa shape index (κ3) is 4.91. The number of halogens is 1. The highest BCUT2D eigenvalue weighted by molar-refractivity contribution is 5.85. The lowest BCUT2D eigenvalue weighted by atomic mass is 9.98. The van der Waals surface area contributed by atoms with Crippen molar-refractivity contribution in [2.24, 2.45) is 5.92 Å². The van der Waals surface area contributed by atoms with Crippen LogP contribution in [0.15, 0.2) is 0 Å². The second kappa shape index (κ2) is 8.04. The van der Waals surface area contributed by atoms with Crippen LogP contribution in [0.1, 0.15) is 19.8 Å². The molecule has 0 aromatic heterocycles. The molecular formula is C13H25ClN2O3. The zero-order chi connectivity index (χ0) is 13.0. The number of piperidine rings is 1. The van der Waals surface area contributed by atoms with Gasteiger partial charge in [0, 0.05) is 19.6 Å². The molecule has 2 rings (SSSR count). The first-order valence-electron chi connectivity index (χ1n) is 6.85. The quantitative estimate of drug-likeness (QED) is 0.775. The van der Waals surface area contributed by atoms with Gasteiger partial charge in [0.05, 0.1) is 13.2 Å². The maximum atomic E-state index is 11.6. The Kier molecular flexibility index (Phi) is 7.07. The minimum absolute atomic E-state index is 0. The van der Waals surface area contributed by atoms with Crippen molar-refractivity contribution < 1.29 is 14.3 Å². The average molecular weight is 293 g/mol. The molecular weight excluding hydrogens is 268 g/mol. The minimum atomic E-state index is -0.421. The molecule has 0 aromatic carbocycles. The summed E-state index contributed by atoms with van der Waals surface area (Å²) in [5.74, 6) is 0.440. The molecule has 0 saturated carbocycles. The summed E-state index contributed by atoms with van der Waals surface area (Å²) in [6.07, 6.45) is 2.21. The normalized spacial score (nSPS) is 32.4. The molecule has 112 valence electrons. The minimum Gasteiger partial charge on any atom is -0.467 e. The molecule has 2 heterocycles. The summed E-state index contributed by atoms with van der Waals surface area (Å²) in [5, 5.41) is 3.43. The fraction of sp³-hybridized carbons (Fsp3) is 0.923. The maximum Gasteiger partial charge on any atom is 0.336 e. The Balaban J connectivity index is 0.00000180. The molecule has 0 aliphatic carbocycles. The Labute approximate surface area is 121 Å². The lowest BCUT2D eigenvalue weighted by molar-refractivity contribution is -0.166. The van der Waals surface area contributed by atoms with E-state index >= 15 is 0 Å². The highest BCUT2D eigenvalue weighted by atomic mass is 35.5. The van der Waals surface area contributed by atoms with Gasteiger partial charge >= 0.3 is 5.97 Å². The van der Waals surface area contributed by atoms with Crippen LogP contribution in [-0.4, -0.2) is 62.9 Å². The molecule has 19 heavy (non-hydrogen) atoms. The number of ether oxygens (including phenoxy) is 2. The number of hydrogen-bond acceptors (Lipinski definition) is 5. The molecule has 0 aromatic rings. The molecule has 0 bridgehead atoms. The molecule has 6 heteroatoms.